The molecule has 1 N–H and O–H groups in total. The van der Waals surface area contributed by atoms with Gasteiger partial charge in [-0.25, -0.2) is 0 Å². The van der Waals surface area contributed by atoms with Gasteiger partial charge in [0, 0.05) is 6.54 Å². The van der Waals surface area contributed by atoms with Gasteiger partial charge >= 0.3 is 0 Å². The molecule has 0 radical (unpaired) electrons. The Balaban J connectivity index is 3.17. The van der Waals surface area contributed by atoms with E-state index in [0.29, 0.717) is 0 Å². The van der Waals surface area contributed by atoms with Crippen molar-refractivity contribution in [1.29, 1.82) is 0 Å². The molecule has 90 valence electrons. The summed E-state index contributed by atoms with van der Waals surface area (Å²) in [6.45, 7) is 4.81. The fourth-order valence-electron chi connectivity index (χ4n) is 1.07. The molecule has 0 aliphatic heterocycles. The number of amides is 1. The first-order valence-corrected chi connectivity index (χ1v) is 6.93. The molecular formula is C11H23NO2S. The van der Waals surface area contributed by atoms with Crippen molar-refractivity contribution in [3.63, 3.8) is 0 Å². The van der Waals surface area contributed by atoms with E-state index in [1.165, 1.54) is 18.6 Å². The molecule has 0 fully saturated rings. The standard InChI is InChI=1S/C11H23NO2S/c1-10(2)14-9-11(13)12-7-5-4-6-8-15-3/h10H,4-9H2,1-3H3,(H,12,13). The first kappa shape index (κ1) is 14.8. The minimum absolute atomic E-state index is 0.00596. The number of carbonyl (C=O) groups excluding carboxylic acids is 1. The van der Waals surface area contributed by atoms with Gasteiger partial charge in [-0.1, -0.05) is 6.42 Å². The molecule has 1 amide bonds. The van der Waals surface area contributed by atoms with Crippen LogP contribution in [0.5, 0.6) is 0 Å². The van der Waals surface area contributed by atoms with Crippen molar-refractivity contribution in [3.8, 4) is 0 Å². The lowest BCUT2D eigenvalue weighted by Crippen LogP contribution is -2.29. The molecule has 0 unspecified atom stereocenters. The van der Waals surface area contributed by atoms with Gasteiger partial charge in [0.05, 0.1) is 6.10 Å². The SMILES string of the molecule is CSCCCCCNC(=O)COC(C)C. The molecule has 4 heteroatoms. The number of nitrogens with one attached hydrogen (secondary N) is 1. The molecule has 0 saturated heterocycles. The topological polar surface area (TPSA) is 38.3 Å². The largest absolute Gasteiger partial charge is 0.369 e. The van der Waals surface area contributed by atoms with Crippen LogP contribution < -0.4 is 5.32 Å². The highest BCUT2D eigenvalue weighted by molar-refractivity contribution is 7.98. The molecule has 0 aromatic carbocycles. The van der Waals surface area contributed by atoms with E-state index in [1.54, 1.807) is 0 Å². The van der Waals surface area contributed by atoms with Crippen LogP contribution in [0.4, 0.5) is 0 Å². The summed E-state index contributed by atoms with van der Waals surface area (Å²) in [5.41, 5.74) is 0. The first-order chi connectivity index (χ1) is 7.16. The molecule has 0 heterocycles. The summed E-state index contributed by atoms with van der Waals surface area (Å²) < 4.78 is 5.18. The number of rotatable bonds is 9. The number of hydrogen-bond donors (Lipinski definition) is 1. The van der Waals surface area contributed by atoms with Gasteiger partial charge in [-0.15, -0.1) is 0 Å². The first-order valence-electron chi connectivity index (χ1n) is 5.54. The van der Waals surface area contributed by atoms with Crippen LogP contribution in [0.2, 0.25) is 0 Å². The minimum Gasteiger partial charge on any atom is -0.369 e. The van der Waals surface area contributed by atoms with E-state index in [1.807, 2.05) is 25.6 Å². The van der Waals surface area contributed by atoms with Crippen LogP contribution >= 0.6 is 11.8 Å². The fourth-order valence-corrected chi connectivity index (χ4v) is 1.56. The van der Waals surface area contributed by atoms with E-state index < -0.39 is 0 Å². The molecular weight excluding hydrogens is 210 g/mol. The quantitative estimate of drug-likeness (QED) is 0.620. The molecule has 0 rings (SSSR count). The van der Waals surface area contributed by atoms with Gasteiger partial charge in [0.15, 0.2) is 0 Å². The molecule has 0 aliphatic carbocycles. The van der Waals surface area contributed by atoms with Gasteiger partial charge in [0.25, 0.3) is 0 Å². The molecule has 0 saturated carbocycles. The van der Waals surface area contributed by atoms with Crippen LogP contribution in [0.15, 0.2) is 0 Å². The van der Waals surface area contributed by atoms with Crippen molar-refractivity contribution >= 4 is 17.7 Å². The summed E-state index contributed by atoms with van der Waals surface area (Å²) in [6, 6.07) is 0. The lowest BCUT2D eigenvalue weighted by Gasteiger charge is -2.08. The number of unbranched alkanes of at least 4 members (excludes halogenated alkanes) is 2. The monoisotopic (exact) mass is 233 g/mol. The van der Waals surface area contributed by atoms with Gasteiger partial charge in [-0.2, -0.15) is 11.8 Å². The van der Waals surface area contributed by atoms with Crippen molar-refractivity contribution in [1.82, 2.24) is 5.32 Å². The van der Waals surface area contributed by atoms with Crippen molar-refractivity contribution in [2.45, 2.75) is 39.2 Å². The Hall–Kier alpha value is -0.220. The van der Waals surface area contributed by atoms with E-state index in [-0.39, 0.29) is 18.6 Å². The fraction of sp³-hybridized carbons (Fsp3) is 0.909. The average molecular weight is 233 g/mol. The molecule has 0 aromatic rings. The van der Waals surface area contributed by atoms with Gasteiger partial charge < -0.3 is 10.1 Å². The summed E-state index contributed by atoms with van der Waals surface area (Å²) in [4.78, 5) is 11.2. The van der Waals surface area contributed by atoms with Crippen molar-refractivity contribution in [2.24, 2.45) is 0 Å². The maximum absolute atomic E-state index is 11.2. The second-order valence-electron chi connectivity index (χ2n) is 3.76. The number of hydrogen-bond acceptors (Lipinski definition) is 3. The molecule has 0 aliphatic rings. The van der Waals surface area contributed by atoms with Crippen LogP contribution in [0.25, 0.3) is 0 Å². The van der Waals surface area contributed by atoms with Gasteiger partial charge in [-0.3, -0.25) is 4.79 Å². The minimum atomic E-state index is -0.00596. The van der Waals surface area contributed by atoms with Crippen molar-refractivity contribution in [3.05, 3.63) is 0 Å². The van der Waals surface area contributed by atoms with Crippen LogP contribution in [0.1, 0.15) is 33.1 Å². The van der Waals surface area contributed by atoms with E-state index in [0.717, 1.165) is 13.0 Å². The second kappa shape index (κ2) is 10.3. The highest BCUT2D eigenvalue weighted by atomic mass is 32.2. The second-order valence-corrected chi connectivity index (χ2v) is 4.75. The van der Waals surface area contributed by atoms with E-state index >= 15 is 0 Å². The maximum Gasteiger partial charge on any atom is 0.246 e. The van der Waals surface area contributed by atoms with Gasteiger partial charge in [-0.05, 0) is 38.7 Å². The highest BCUT2D eigenvalue weighted by Crippen LogP contribution is 2.01. The van der Waals surface area contributed by atoms with Crippen LogP contribution in [0.3, 0.4) is 0 Å². The van der Waals surface area contributed by atoms with Crippen LogP contribution in [-0.4, -0.2) is 37.2 Å². The molecule has 0 spiro atoms. The third-order valence-electron chi connectivity index (χ3n) is 1.90. The Bertz CT molecular complexity index is 163. The van der Waals surface area contributed by atoms with Crippen molar-refractivity contribution < 1.29 is 9.53 Å². The smallest absolute Gasteiger partial charge is 0.246 e. The third kappa shape index (κ3) is 11.7. The zero-order valence-electron chi connectivity index (χ0n) is 10.0. The van der Waals surface area contributed by atoms with E-state index in [2.05, 4.69) is 11.6 Å². The molecule has 0 aromatic heterocycles. The molecule has 15 heavy (non-hydrogen) atoms. The van der Waals surface area contributed by atoms with Crippen LogP contribution in [0, 0.1) is 0 Å². The molecule has 0 bridgehead atoms. The van der Waals surface area contributed by atoms with Crippen LogP contribution in [-0.2, 0) is 9.53 Å². The Labute approximate surface area is 97.3 Å². The summed E-state index contributed by atoms with van der Waals surface area (Å²) in [5.74, 6) is 1.21. The Morgan fingerprint density at radius 3 is 2.67 bits per heavy atom. The normalized spacial score (nSPS) is 10.7. The zero-order valence-corrected chi connectivity index (χ0v) is 10.9. The predicted molar refractivity (Wildman–Crippen MR) is 66.3 cm³/mol. The van der Waals surface area contributed by atoms with E-state index in [4.69, 9.17) is 4.74 Å². The average Bonchev–Trinajstić information content (AvgIpc) is 2.20. The highest BCUT2D eigenvalue weighted by Gasteiger charge is 2.01. The summed E-state index contributed by atoms with van der Waals surface area (Å²) in [7, 11) is 0. The predicted octanol–water partition coefficient (Wildman–Crippen LogP) is 2.06. The Kier molecular flexibility index (Phi) is 10.2. The number of carbonyl (C=O) groups is 1. The van der Waals surface area contributed by atoms with Gasteiger partial charge in [0.2, 0.25) is 5.91 Å². The Morgan fingerprint density at radius 2 is 2.07 bits per heavy atom. The zero-order chi connectivity index (χ0) is 11.5. The Morgan fingerprint density at radius 1 is 1.33 bits per heavy atom. The number of thioether (sulfide) groups is 1. The summed E-state index contributed by atoms with van der Waals surface area (Å²) >= 11 is 1.87. The summed E-state index contributed by atoms with van der Waals surface area (Å²) in [5, 5.41) is 2.84. The molecule has 0 atom stereocenters. The molecule has 3 nitrogen and oxygen atoms in total. The van der Waals surface area contributed by atoms with Gasteiger partial charge in [0.1, 0.15) is 6.61 Å². The van der Waals surface area contributed by atoms with Crippen molar-refractivity contribution in [2.75, 3.05) is 25.2 Å². The number of ether oxygens (including phenoxy) is 1. The summed E-state index contributed by atoms with van der Waals surface area (Å²) in [6.07, 6.45) is 5.72. The lowest BCUT2D eigenvalue weighted by atomic mass is 10.2. The maximum atomic E-state index is 11.2. The third-order valence-corrected chi connectivity index (χ3v) is 2.59. The lowest BCUT2D eigenvalue weighted by molar-refractivity contribution is -0.127. The van der Waals surface area contributed by atoms with E-state index in [9.17, 15) is 4.79 Å².